The van der Waals surface area contributed by atoms with Gasteiger partial charge in [0, 0.05) is 61.7 Å². The number of alkyl halides is 10. The first-order valence-corrected chi connectivity index (χ1v) is 54.7. The molecule has 0 radical (unpaired) electrons. The van der Waals surface area contributed by atoms with E-state index in [0.717, 1.165) is 128 Å². The highest BCUT2D eigenvalue weighted by molar-refractivity contribution is 6.06. The van der Waals surface area contributed by atoms with Crippen LogP contribution in [0.5, 0.6) is 0 Å². The molecule has 30 rings (SSSR count). The third-order valence-corrected chi connectivity index (χ3v) is 39.6. The number of rotatable bonds is 20. The molecule has 0 spiro atoms. The maximum Gasteiger partial charge on any atom is 0.376 e. The normalized spacial score (nSPS) is 33.1. The number of carbonyl (C=O) groups is 5. The highest BCUT2D eigenvalue weighted by Gasteiger charge is 2.66. The second kappa shape index (κ2) is 36.9. The van der Waals surface area contributed by atoms with E-state index in [1.807, 2.05) is 0 Å². The maximum absolute atomic E-state index is 13.5. The summed E-state index contributed by atoms with van der Waals surface area (Å²) in [6.45, 7) is 21.2. The molecule has 147 heavy (non-hydrogen) atoms. The fourth-order valence-electron chi connectivity index (χ4n) is 37.5. The molecule has 0 heterocycles. The Labute approximate surface area is 860 Å². The molecular formula is C127H146F10O10. The number of benzene rings is 9. The van der Waals surface area contributed by atoms with Crippen LogP contribution >= 0.6 is 0 Å². The van der Waals surface area contributed by atoms with Gasteiger partial charge in [-0.25, -0.2) is 24.0 Å². The van der Waals surface area contributed by atoms with Crippen LogP contribution in [0.2, 0.25) is 0 Å². The molecule has 10 atom stereocenters. The van der Waals surface area contributed by atoms with Crippen molar-refractivity contribution in [3.63, 3.8) is 0 Å². The Morgan fingerprint density at radius 1 is 0.272 bits per heavy atom. The summed E-state index contributed by atoms with van der Waals surface area (Å²) < 4.78 is 160. The van der Waals surface area contributed by atoms with E-state index in [-0.39, 0.29) is 87.2 Å². The van der Waals surface area contributed by atoms with Gasteiger partial charge in [-0.3, -0.25) is 0 Å². The van der Waals surface area contributed by atoms with Crippen molar-refractivity contribution in [3.05, 3.63) is 235 Å². The molecule has 0 saturated heterocycles. The van der Waals surface area contributed by atoms with E-state index in [1.54, 1.807) is 0 Å². The smallest absolute Gasteiger partial charge is 0.376 e. The van der Waals surface area contributed by atoms with Gasteiger partial charge < -0.3 is 23.7 Å². The number of fused-ring (bicyclic) bond motifs is 6. The van der Waals surface area contributed by atoms with Crippen molar-refractivity contribution in [3.8, 4) is 11.1 Å². The van der Waals surface area contributed by atoms with Crippen LogP contribution in [0.1, 0.15) is 311 Å². The highest BCUT2D eigenvalue weighted by atomic mass is 19.3. The summed E-state index contributed by atoms with van der Waals surface area (Å²) in [6.07, 6.45) is 33.6. The SMILES string of the molecule is Cc1c2ccccc2c(C23CC4CC(CC(COC(=O)C(C)(F)F)(C4)C2)C3)c2ccccc12.Cc1cc(C)c(C23CC4CC(CC(COC(=O)C(C)(F)F)(C4)C2)C3)c(C)c1.Cc1ccc(C23CC4CC(CC(COC(=O)C(C)(F)F)(C4)C2)C3)c(C)c1.Cc1ccc(C23CC4CC(CC(COC(=O)C(C)(F)F)(C4)C2)C3)c2c1-c1ccccc1C2.Cc1ccc(C23CC4CC(CC(COC(=O)C(C)(F)F)(C4)C2)C3)c2ccccc12. The molecule has 20 heteroatoms. The number of esters is 5. The molecule has 10 nitrogen and oxygen atoms in total. The van der Waals surface area contributed by atoms with Gasteiger partial charge in [0.2, 0.25) is 0 Å². The van der Waals surface area contributed by atoms with Gasteiger partial charge in [0.05, 0.1) is 33.0 Å². The molecule has 0 amide bonds. The topological polar surface area (TPSA) is 132 Å². The van der Waals surface area contributed by atoms with Crippen molar-refractivity contribution in [1.82, 2.24) is 0 Å². The lowest BCUT2D eigenvalue weighted by molar-refractivity contribution is -0.180. The van der Waals surface area contributed by atoms with E-state index in [1.165, 1.54) is 198 Å². The summed E-state index contributed by atoms with van der Waals surface area (Å²) in [6, 6.07) is 55.2. The molecule has 21 aliphatic carbocycles. The van der Waals surface area contributed by atoms with Crippen molar-refractivity contribution < 1.29 is 91.6 Å². The third-order valence-electron chi connectivity index (χ3n) is 39.6. The van der Waals surface area contributed by atoms with Crippen LogP contribution < -0.4 is 0 Å². The van der Waals surface area contributed by atoms with Crippen molar-refractivity contribution in [2.24, 2.45) is 86.3 Å². The van der Waals surface area contributed by atoms with Gasteiger partial charge in [0.25, 0.3) is 0 Å². The summed E-state index contributed by atoms with van der Waals surface area (Å²) >= 11 is 0. The number of ether oxygens (including phenoxy) is 5. The Morgan fingerprint density at radius 2 is 0.551 bits per heavy atom. The van der Waals surface area contributed by atoms with Crippen molar-refractivity contribution >= 4 is 62.2 Å². The number of hydrogen-bond acceptors (Lipinski definition) is 10. The molecule has 0 N–H and O–H groups in total. The van der Waals surface area contributed by atoms with E-state index in [9.17, 15) is 67.9 Å². The minimum Gasteiger partial charge on any atom is -0.461 e. The molecule has 9 aromatic carbocycles. The molecular weight excluding hydrogens is 1880 g/mol. The van der Waals surface area contributed by atoms with Gasteiger partial charge >= 0.3 is 59.5 Å². The zero-order valence-corrected chi connectivity index (χ0v) is 88.0. The Hall–Kier alpha value is -9.59. The fourth-order valence-corrected chi connectivity index (χ4v) is 37.5. The van der Waals surface area contributed by atoms with E-state index in [0.29, 0.717) is 93.8 Å². The minimum absolute atomic E-state index is 0.00186. The lowest BCUT2D eigenvalue weighted by Gasteiger charge is -2.62. The molecule has 20 bridgehead atoms. The van der Waals surface area contributed by atoms with Crippen LogP contribution in [0.3, 0.4) is 0 Å². The molecule has 20 fully saturated rings. The van der Waals surface area contributed by atoms with Gasteiger partial charge in [-0.1, -0.05) is 163 Å². The summed E-state index contributed by atoms with van der Waals surface area (Å²) in [7, 11) is 0. The Bertz CT molecular complexity index is 6540. The summed E-state index contributed by atoms with van der Waals surface area (Å²) in [5, 5.41) is 7.86. The first-order valence-electron chi connectivity index (χ1n) is 54.7. The quantitative estimate of drug-likeness (QED) is 0.0314. The first kappa shape index (κ1) is 103. The van der Waals surface area contributed by atoms with E-state index in [2.05, 4.69) is 207 Å². The molecule has 10 unspecified atom stereocenters. The Kier molecular flexibility index (Phi) is 25.9. The van der Waals surface area contributed by atoms with Crippen LogP contribution in [0.15, 0.2) is 152 Å². The average Bonchev–Trinajstić information content (AvgIpc) is 1.61. The maximum atomic E-state index is 13.5. The second-order valence-electron chi connectivity index (χ2n) is 52.3. The molecule has 0 aliphatic heterocycles. The van der Waals surface area contributed by atoms with Crippen LogP contribution in [0, 0.1) is 142 Å². The molecule has 9 aromatic rings. The molecule has 0 aromatic heterocycles. The zero-order valence-electron chi connectivity index (χ0n) is 88.0. The summed E-state index contributed by atoms with van der Waals surface area (Å²) in [4.78, 5) is 58.8. The van der Waals surface area contributed by atoms with Crippen LogP contribution in [-0.4, -0.2) is 92.5 Å². The lowest BCUT2D eigenvalue weighted by atomic mass is 9.42. The standard InChI is InChI=1S/C29H30F2O2.C28H30F2O2.C25H28F2O2.C23H30F2O2.C22H28F2O2/c1-18-21-7-3-5-9-23(21)25(24-10-6-4-8-22(18)24)29-14-19-11-20(15-29)13-28(12-19,16-29)17-33-26(32)27(2,30)31;1-17-7-8-23(22-10-20-5-3-4-6-21(20)24(17)22)28-13-18-9-19(14-28)12-27(11-18,15-28)16-32-25(31)26(2,29)30;1-16-7-8-21(20-6-4-3-5-19(16)20)25-12-17-9-18(13-25)11-24(10-17,14-25)15-29-22(28)23(2,26)27;1-14-5-15(2)19(16(3)6-14)23-10-17-7-18(11-23)9-22(8-17,12-23)13-27-20(26)21(4,24)25;1-14-4-5-18(15(2)6-14)22-10-16-7-17(11-22)9-21(8-16,12-22)13-26-19(25)20(3,23)24/h3-10,19-20H,11-17H2,1-2H3;3-8,18-19H,9-16H2,1-2H3;3-8,17-18H,9-15H2,1-2H3;5-6,17-18H,7-13H2,1-4H3;4-6,16-17H,7-13H2,1-3H3. The summed E-state index contributed by atoms with van der Waals surface area (Å²) in [5.41, 5.74) is 23.0. The molecule has 21 aliphatic rings. The molecule has 20 saturated carbocycles. The second-order valence-corrected chi connectivity index (χ2v) is 52.3. The lowest BCUT2D eigenvalue weighted by Crippen LogP contribution is -2.56. The van der Waals surface area contributed by atoms with Crippen LogP contribution in [-0.2, 0) is 81.2 Å². The largest absolute Gasteiger partial charge is 0.461 e. The average molecular weight is 2020 g/mol. The Morgan fingerprint density at radius 3 is 0.912 bits per heavy atom. The monoisotopic (exact) mass is 2020 g/mol. The number of aryl methyl sites for hydroxylation is 8. The van der Waals surface area contributed by atoms with Gasteiger partial charge in [-0.15, -0.1) is 0 Å². The minimum atomic E-state index is -3.44. The van der Waals surface area contributed by atoms with Crippen molar-refractivity contribution in [2.45, 2.75) is 346 Å². The zero-order chi connectivity index (χ0) is 104. The predicted molar refractivity (Wildman–Crippen MR) is 553 cm³/mol. The number of hydrogen-bond donors (Lipinski definition) is 0. The van der Waals surface area contributed by atoms with Gasteiger partial charge in [0.15, 0.2) is 0 Å². The number of halogens is 10. The van der Waals surface area contributed by atoms with Crippen LogP contribution in [0.25, 0.3) is 43.4 Å². The number of carbonyl (C=O) groups excluding carboxylic acids is 5. The van der Waals surface area contributed by atoms with Crippen LogP contribution in [0.4, 0.5) is 43.9 Å². The molecule has 784 valence electrons. The third kappa shape index (κ3) is 19.3. The van der Waals surface area contributed by atoms with Crippen molar-refractivity contribution in [2.75, 3.05) is 33.0 Å². The van der Waals surface area contributed by atoms with E-state index in [4.69, 9.17) is 23.7 Å². The van der Waals surface area contributed by atoms with Gasteiger partial charge in [-0.05, 0) is 456 Å². The highest BCUT2D eigenvalue weighted by Crippen LogP contribution is 2.73. The Balaban J connectivity index is 0.000000108. The first-order chi connectivity index (χ1) is 69.2. The van der Waals surface area contributed by atoms with E-state index >= 15 is 0 Å². The van der Waals surface area contributed by atoms with Crippen molar-refractivity contribution in [1.29, 1.82) is 0 Å². The predicted octanol–water partition coefficient (Wildman–Crippen LogP) is 31.1. The van der Waals surface area contributed by atoms with Gasteiger partial charge in [-0.2, -0.15) is 43.9 Å². The van der Waals surface area contributed by atoms with Gasteiger partial charge in [0.1, 0.15) is 0 Å². The fraction of sp³-hybridized carbons (Fsp3) is 0.583. The van der Waals surface area contributed by atoms with E-state index < -0.39 is 59.5 Å². The summed E-state index contributed by atoms with van der Waals surface area (Å²) in [5.74, 6) is -18.0.